The van der Waals surface area contributed by atoms with Crippen molar-refractivity contribution in [1.29, 1.82) is 0 Å². The van der Waals surface area contributed by atoms with Crippen LogP contribution in [0.2, 0.25) is 0 Å². The van der Waals surface area contributed by atoms with Gasteiger partial charge < -0.3 is 14.9 Å². The Morgan fingerprint density at radius 2 is 2.21 bits per heavy atom. The molecule has 0 aromatic heterocycles. The molecule has 78 valence electrons. The van der Waals surface area contributed by atoms with Gasteiger partial charge in [-0.15, -0.1) is 0 Å². The second-order valence-corrected chi connectivity index (χ2v) is 3.86. The maximum absolute atomic E-state index is 11.4. The molecule has 0 aliphatic carbocycles. The Morgan fingerprint density at radius 1 is 1.43 bits per heavy atom. The summed E-state index contributed by atoms with van der Waals surface area (Å²) in [5.41, 5.74) is 0. The highest BCUT2D eigenvalue weighted by atomic mass is 16.4. The van der Waals surface area contributed by atoms with Crippen molar-refractivity contribution < 1.29 is 14.7 Å². The first-order valence-corrected chi connectivity index (χ1v) is 4.96. The molecule has 2 rings (SSSR count). The molecule has 0 spiro atoms. The van der Waals surface area contributed by atoms with E-state index >= 15 is 0 Å². The van der Waals surface area contributed by atoms with Crippen LogP contribution in [0.15, 0.2) is 0 Å². The number of amides is 2. The standard InChI is InChI=1S/C9H14N2O3/c12-8-3-2-7-6-10(9(13)14)4-1-5-11(7)8/h7H,1-6H2,(H,13,14)/t7-/m0/s1. The molecule has 2 heterocycles. The largest absolute Gasteiger partial charge is 0.465 e. The highest BCUT2D eigenvalue weighted by molar-refractivity contribution is 5.79. The topological polar surface area (TPSA) is 60.9 Å². The molecule has 2 amide bonds. The van der Waals surface area contributed by atoms with Crippen molar-refractivity contribution in [2.75, 3.05) is 19.6 Å². The number of hydrogen-bond donors (Lipinski definition) is 1. The molecule has 5 nitrogen and oxygen atoms in total. The number of fused-ring (bicyclic) bond motifs is 1. The van der Waals surface area contributed by atoms with E-state index in [4.69, 9.17) is 5.11 Å². The molecule has 1 atom stereocenters. The number of nitrogens with zero attached hydrogens (tertiary/aromatic N) is 2. The first-order chi connectivity index (χ1) is 6.68. The van der Waals surface area contributed by atoms with E-state index in [-0.39, 0.29) is 11.9 Å². The predicted octanol–water partition coefficient (Wildman–Crippen LogP) is 0.361. The molecule has 1 N–H and O–H groups in total. The van der Waals surface area contributed by atoms with Gasteiger partial charge in [0.25, 0.3) is 0 Å². The second-order valence-electron chi connectivity index (χ2n) is 3.86. The highest BCUT2D eigenvalue weighted by Gasteiger charge is 2.34. The van der Waals surface area contributed by atoms with Gasteiger partial charge in [-0.1, -0.05) is 0 Å². The molecule has 2 aliphatic heterocycles. The zero-order chi connectivity index (χ0) is 10.1. The molecular formula is C9H14N2O3. The minimum Gasteiger partial charge on any atom is -0.465 e. The molecule has 2 saturated heterocycles. The van der Waals surface area contributed by atoms with Gasteiger partial charge in [-0.25, -0.2) is 4.79 Å². The fourth-order valence-electron chi connectivity index (χ4n) is 2.24. The van der Waals surface area contributed by atoms with Crippen LogP contribution >= 0.6 is 0 Å². The van der Waals surface area contributed by atoms with Crippen LogP contribution in [0.4, 0.5) is 4.79 Å². The summed E-state index contributed by atoms with van der Waals surface area (Å²) >= 11 is 0. The van der Waals surface area contributed by atoms with Crippen molar-refractivity contribution in [2.24, 2.45) is 0 Å². The second kappa shape index (κ2) is 3.48. The fourth-order valence-corrected chi connectivity index (χ4v) is 2.24. The van der Waals surface area contributed by atoms with E-state index in [0.717, 1.165) is 12.8 Å². The van der Waals surface area contributed by atoms with Crippen molar-refractivity contribution in [3.63, 3.8) is 0 Å². The van der Waals surface area contributed by atoms with E-state index in [0.29, 0.717) is 26.1 Å². The summed E-state index contributed by atoms with van der Waals surface area (Å²) in [7, 11) is 0. The van der Waals surface area contributed by atoms with Gasteiger partial charge in [0.1, 0.15) is 0 Å². The van der Waals surface area contributed by atoms with Gasteiger partial charge in [0.15, 0.2) is 0 Å². The van der Waals surface area contributed by atoms with E-state index < -0.39 is 6.09 Å². The number of carbonyl (C=O) groups is 2. The molecule has 0 bridgehead atoms. The average molecular weight is 198 g/mol. The number of carboxylic acid groups (broad SMARTS) is 1. The van der Waals surface area contributed by atoms with Crippen molar-refractivity contribution >= 4 is 12.0 Å². The third-order valence-corrected chi connectivity index (χ3v) is 2.98. The molecule has 0 saturated carbocycles. The zero-order valence-electron chi connectivity index (χ0n) is 7.98. The molecular weight excluding hydrogens is 184 g/mol. The first-order valence-electron chi connectivity index (χ1n) is 4.96. The van der Waals surface area contributed by atoms with Gasteiger partial charge in [-0.2, -0.15) is 0 Å². The van der Waals surface area contributed by atoms with E-state index in [1.165, 1.54) is 4.90 Å². The lowest BCUT2D eigenvalue weighted by molar-refractivity contribution is -0.128. The molecule has 0 radical (unpaired) electrons. The minimum atomic E-state index is -0.869. The van der Waals surface area contributed by atoms with Crippen LogP contribution in [0.5, 0.6) is 0 Å². The van der Waals surface area contributed by atoms with E-state index in [9.17, 15) is 9.59 Å². The third kappa shape index (κ3) is 1.54. The van der Waals surface area contributed by atoms with E-state index in [2.05, 4.69) is 0 Å². The Morgan fingerprint density at radius 3 is 2.93 bits per heavy atom. The van der Waals surface area contributed by atoms with Crippen LogP contribution in [0.25, 0.3) is 0 Å². The lowest BCUT2D eigenvalue weighted by Crippen LogP contribution is -2.40. The fraction of sp³-hybridized carbons (Fsp3) is 0.778. The summed E-state index contributed by atoms with van der Waals surface area (Å²) in [5.74, 6) is 0.183. The molecule has 2 fully saturated rings. The number of hydrogen-bond acceptors (Lipinski definition) is 2. The average Bonchev–Trinajstić information content (AvgIpc) is 2.40. The van der Waals surface area contributed by atoms with E-state index in [1.54, 1.807) is 0 Å². The summed E-state index contributed by atoms with van der Waals surface area (Å²) in [5, 5.41) is 8.87. The number of rotatable bonds is 0. The smallest absolute Gasteiger partial charge is 0.407 e. The summed E-state index contributed by atoms with van der Waals surface area (Å²) in [6.45, 7) is 1.75. The van der Waals surface area contributed by atoms with Gasteiger partial charge in [-0.3, -0.25) is 4.79 Å². The monoisotopic (exact) mass is 198 g/mol. The molecule has 5 heteroatoms. The van der Waals surface area contributed by atoms with Crippen LogP contribution < -0.4 is 0 Å². The van der Waals surface area contributed by atoms with Gasteiger partial charge >= 0.3 is 6.09 Å². The molecule has 2 aliphatic rings. The zero-order valence-corrected chi connectivity index (χ0v) is 7.98. The maximum atomic E-state index is 11.4. The SMILES string of the molecule is O=C(O)N1CCCN2C(=O)CC[C@H]2C1. The summed E-state index contributed by atoms with van der Waals surface area (Å²) in [6.07, 6.45) is 1.28. The molecule has 0 aromatic carbocycles. The molecule has 14 heavy (non-hydrogen) atoms. The van der Waals surface area contributed by atoms with Crippen LogP contribution in [0, 0.1) is 0 Å². The Hall–Kier alpha value is -1.26. The molecule has 0 aromatic rings. The van der Waals surface area contributed by atoms with Gasteiger partial charge in [0, 0.05) is 32.1 Å². The van der Waals surface area contributed by atoms with Crippen molar-refractivity contribution in [3.05, 3.63) is 0 Å². The van der Waals surface area contributed by atoms with E-state index in [1.807, 2.05) is 4.90 Å². The van der Waals surface area contributed by atoms with Crippen LogP contribution in [-0.2, 0) is 4.79 Å². The van der Waals surface area contributed by atoms with Gasteiger partial charge in [-0.05, 0) is 12.8 Å². The van der Waals surface area contributed by atoms with Gasteiger partial charge in [0.2, 0.25) is 5.91 Å². The normalized spacial score (nSPS) is 27.4. The lowest BCUT2D eigenvalue weighted by atomic mass is 10.2. The Kier molecular flexibility index (Phi) is 2.31. The Bertz CT molecular complexity index is 267. The summed E-state index contributed by atoms with van der Waals surface area (Å²) in [6, 6.07) is 0.126. The van der Waals surface area contributed by atoms with Crippen molar-refractivity contribution in [3.8, 4) is 0 Å². The van der Waals surface area contributed by atoms with Crippen LogP contribution in [-0.4, -0.2) is 52.6 Å². The molecule has 0 unspecified atom stereocenters. The predicted molar refractivity (Wildman–Crippen MR) is 48.9 cm³/mol. The Balaban J connectivity index is 2.07. The summed E-state index contributed by atoms with van der Waals surface area (Å²) in [4.78, 5) is 25.5. The lowest BCUT2D eigenvalue weighted by Gasteiger charge is -2.23. The third-order valence-electron chi connectivity index (χ3n) is 2.98. The number of carbonyl (C=O) groups excluding carboxylic acids is 1. The minimum absolute atomic E-state index is 0.126. The first kappa shape index (κ1) is 9.30. The Labute approximate surface area is 82.3 Å². The van der Waals surface area contributed by atoms with Crippen molar-refractivity contribution in [1.82, 2.24) is 9.80 Å². The maximum Gasteiger partial charge on any atom is 0.407 e. The van der Waals surface area contributed by atoms with Crippen molar-refractivity contribution in [2.45, 2.75) is 25.3 Å². The van der Waals surface area contributed by atoms with Gasteiger partial charge in [0.05, 0.1) is 0 Å². The van der Waals surface area contributed by atoms with Crippen LogP contribution in [0.1, 0.15) is 19.3 Å². The quantitative estimate of drug-likeness (QED) is 0.611. The van der Waals surface area contributed by atoms with Crippen LogP contribution in [0.3, 0.4) is 0 Å². The highest BCUT2D eigenvalue weighted by Crippen LogP contribution is 2.22. The summed E-state index contributed by atoms with van der Waals surface area (Å²) < 4.78 is 0.